The summed E-state index contributed by atoms with van der Waals surface area (Å²) in [6, 6.07) is 1.17. The van der Waals surface area contributed by atoms with Gasteiger partial charge in [0.1, 0.15) is 11.6 Å². The molecule has 0 aliphatic rings. The van der Waals surface area contributed by atoms with Crippen molar-refractivity contribution in [2.45, 2.75) is 6.92 Å². The molecule has 1 rings (SSSR count). The van der Waals surface area contributed by atoms with Crippen LogP contribution in [0.3, 0.4) is 0 Å². The third-order valence-corrected chi connectivity index (χ3v) is 2.66. The fourth-order valence-electron chi connectivity index (χ4n) is 1.60. The number of pyridine rings is 1. The molecule has 118 valence electrons. The number of carbonyl (C=O) groups is 1. The van der Waals surface area contributed by atoms with Crippen LogP contribution < -0.4 is 10.6 Å². The lowest BCUT2D eigenvalue weighted by Crippen LogP contribution is -2.29. The lowest BCUT2D eigenvalue weighted by atomic mass is 10.2. The quantitative estimate of drug-likeness (QED) is 0.665. The summed E-state index contributed by atoms with van der Waals surface area (Å²) in [6.07, 6.45) is 1.08. The van der Waals surface area contributed by atoms with Gasteiger partial charge in [-0.3, -0.25) is 4.79 Å². The maximum Gasteiger partial charge on any atom is 0.255 e. The Labute approximate surface area is 124 Å². The molecule has 0 aromatic carbocycles. The van der Waals surface area contributed by atoms with Gasteiger partial charge < -0.3 is 20.3 Å². The third-order valence-electron chi connectivity index (χ3n) is 2.66. The fraction of sp³-hybridized carbons (Fsp3) is 0.571. The molecule has 2 N–H and O–H groups in total. The highest BCUT2D eigenvalue weighted by Gasteiger charge is 2.13. The molecule has 1 heterocycles. The van der Waals surface area contributed by atoms with Crippen LogP contribution in [0.5, 0.6) is 0 Å². The number of hydrogen-bond donors (Lipinski definition) is 2. The Morgan fingerprint density at radius 3 is 2.86 bits per heavy atom. The van der Waals surface area contributed by atoms with Gasteiger partial charge in [-0.1, -0.05) is 0 Å². The number of aromatic nitrogens is 1. The standard InChI is InChI=1S/C14H23FN4O2/c1-4-16-13-12(9-11(15)10-18-13)14(20)17-5-7-21-8-6-19(2)3/h9-10H,4-8H2,1-3H3,(H,16,18)(H,17,20). The van der Waals surface area contributed by atoms with Gasteiger partial charge in [0.25, 0.3) is 5.91 Å². The Kier molecular flexibility index (Phi) is 7.63. The first kappa shape index (κ1) is 17.3. The summed E-state index contributed by atoms with van der Waals surface area (Å²) >= 11 is 0. The van der Waals surface area contributed by atoms with Crippen molar-refractivity contribution < 1.29 is 13.9 Å². The number of likely N-dealkylation sites (N-methyl/N-ethyl adjacent to an activating group) is 1. The van der Waals surface area contributed by atoms with E-state index in [9.17, 15) is 9.18 Å². The second-order valence-corrected chi connectivity index (χ2v) is 4.75. The number of amides is 1. The number of halogens is 1. The van der Waals surface area contributed by atoms with Gasteiger partial charge in [0.05, 0.1) is 25.0 Å². The molecule has 1 aromatic rings. The number of nitrogens with one attached hydrogen (secondary N) is 2. The molecule has 0 bridgehead atoms. The van der Waals surface area contributed by atoms with Crippen molar-refractivity contribution in [2.75, 3.05) is 52.3 Å². The Hall–Kier alpha value is -1.73. The summed E-state index contributed by atoms with van der Waals surface area (Å²) in [4.78, 5) is 17.9. The van der Waals surface area contributed by atoms with Crippen molar-refractivity contribution in [3.8, 4) is 0 Å². The number of ether oxygens (including phenoxy) is 1. The monoisotopic (exact) mass is 298 g/mol. The zero-order valence-corrected chi connectivity index (χ0v) is 12.8. The van der Waals surface area contributed by atoms with Crippen molar-refractivity contribution >= 4 is 11.7 Å². The van der Waals surface area contributed by atoms with Crippen molar-refractivity contribution in [3.05, 3.63) is 23.6 Å². The van der Waals surface area contributed by atoms with Crippen LogP contribution in [0.1, 0.15) is 17.3 Å². The number of anilines is 1. The Morgan fingerprint density at radius 1 is 1.43 bits per heavy atom. The largest absolute Gasteiger partial charge is 0.378 e. The van der Waals surface area contributed by atoms with Crippen LogP contribution in [0.4, 0.5) is 10.2 Å². The average Bonchev–Trinajstić information content (AvgIpc) is 2.44. The van der Waals surface area contributed by atoms with E-state index < -0.39 is 5.82 Å². The van der Waals surface area contributed by atoms with E-state index in [-0.39, 0.29) is 11.5 Å². The number of hydrogen-bond acceptors (Lipinski definition) is 5. The topological polar surface area (TPSA) is 66.5 Å². The van der Waals surface area contributed by atoms with Gasteiger partial charge in [-0.05, 0) is 27.1 Å². The maximum absolute atomic E-state index is 13.2. The van der Waals surface area contributed by atoms with E-state index in [1.54, 1.807) is 0 Å². The summed E-state index contributed by atoms with van der Waals surface area (Å²) in [7, 11) is 3.93. The lowest BCUT2D eigenvalue weighted by molar-refractivity contribution is 0.0900. The molecular formula is C14H23FN4O2. The van der Waals surface area contributed by atoms with Crippen LogP contribution in [0, 0.1) is 5.82 Å². The number of rotatable bonds is 9. The molecule has 0 saturated heterocycles. The van der Waals surface area contributed by atoms with Gasteiger partial charge in [0.15, 0.2) is 0 Å². The Balaban J connectivity index is 2.42. The molecule has 0 spiro atoms. The van der Waals surface area contributed by atoms with Gasteiger partial charge in [-0.25, -0.2) is 9.37 Å². The van der Waals surface area contributed by atoms with Crippen molar-refractivity contribution in [1.82, 2.24) is 15.2 Å². The van der Waals surface area contributed by atoms with E-state index in [0.717, 1.165) is 12.7 Å². The van der Waals surface area contributed by atoms with Crippen LogP contribution in [-0.2, 0) is 4.74 Å². The molecule has 7 heteroatoms. The van der Waals surface area contributed by atoms with Gasteiger partial charge in [0.2, 0.25) is 0 Å². The summed E-state index contributed by atoms with van der Waals surface area (Å²) in [5, 5.41) is 5.62. The first-order chi connectivity index (χ1) is 10.0. The maximum atomic E-state index is 13.2. The van der Waals surface area contributed by atoms with Crippen LogP contribution >= 0.6 is 0 Å². The SMILES string of the molecule is CCNc1ncc(F)cc1C(=O)NCCOCCN(C)C. The van der Waals surface area contributed by atoms with E-state index in [2.05, 4.69) is 15.6 Å². The predicted octanol–water partition coefficient (Wildman–Crippen LogP) is 0.960. The van der Waals surface area contributed by atoms with Crippen LogP contribution in [0.2, 0.25) is 0 Å². The Bertz CT molecular complexity index is 455. The second-order valence-electron chi connectivity index (χ2n) is 4.75. The zero-order valence-electron chi connectivity index (χ0n) is 12.8. The highest BCUT2D eigenvalue weighted by Crippen LogP contribution is 2.13. The highest BCUT2D eigenvalue weighted by molar-refractivity contribution is 5.98. The fourth-order valence-corrected chi connectivity index (χ4v) is 1.60. The molecule has 0 aliphatic carbocycles. The van der Waals surface area contributed by atoms with Gasteiger partial charge in [0, 0.05) is 19.6 Å². The molecule has 0 aliphatic heterocycles. The number of nitrogens with zero attached hydrogens (tertiary/aromatic N) is 2. The zero-order chi connectivity index (χ0) is 15.7. The van der Waals surface area contributed by atoms with Gasteiger partial charge >= 0.3 is 0 Å². The van der Waals surface area contributed by atoms with Gasteiger partial charge in [-0.15, -0.1) is 0 Å². The lowest BCUT2D eigenvalue weighted by Gasteiger charge is -2.12. The smallest absolute Gasteiger partial charge is 0.255 e. The van der Waals surface area contributed by atoms with Crippen LogP contribution in [0.25, 0.3) is 0 Å². The molecule has 21 heavy (non-hydrogen) atoms. The normalized spacial score (nSPS) is 10.7. The molecule has 6 nitrogen and oxygen atoms in total. The minimum absolute atomic E-state index is 0.199. The second kappa shape index (κ2) is 9.25. The molecule has 0 radical (unpaired) electrons. The van der Waals surface area contributed by atoms with E-state index in [1.807, 2.05) is 25.9 Å². The molecule has 1 aromatic heterocycles. The van der Waals surface area contributed by atoms with E-state index in [1.165, 1.54) is 6.07 Å². The minimum atomic E-state index is -0.538. The summed E-state index contributed by atoms with van der Waals surface area (Å²) < 4.78 is 18.6. The average molecular weight is 298 g/mol. The summed E-state index contributed by atoms with van der Waals surface area (Å²) in [6.45, 7) is 4.70. The van der Waals surface area contributed by atoms with E-state index in [4.69, 9.17) is 4.74 Å². The molecular weight excluding hydrogens is 275 g/mol. The first-order valence-electron chi connectivity index (χ1n) is 6.94. The molecule has 1 amide bonds. The predicted molar refractivity (Wildman–Crippen MR) is 80.1 cm³/mol. The summed E-state index contributed by atoms with van der Waals surface area (Å²) in [5.74, 6) is -0.525. The van der Waals surface area contributed by atoms with Crippen molar-refractivity contribution in [3.63, 3.8) is 0 Å². The van der Waals surface area contributed by atoms with Crippen molar-refractivity contribution in [1.29, 1.82) is 0 Å². The Morgan fingerprint density at radius 2 is 2.19 bits per heavy atom. The van der Waals surface area contributed by atoms with Crippen molar-refractivity contribution in [2.24, 2.45) is 0 Å². The van der Waals surface area contributed by atoms with E-state index >= 15 is 0 Å². The molecule has 0 saturated carbocycles. The summed E-state index contributed by atoms with van der Waals surface area (Å²) in [5.41, 5.74) is 0.199. The van der Waals surface area contributed by atoms with Crippen LogP contribution in [-0.4, -0.2) is 62.7 Å². The number of carbonyl (C=O) groups excluding carboxylic acids is 1. The highest BCUT2D eigenvalue weighted by atomic mass is 19.1. The molecule has 0 fully saturated rings. The van der Waals surface area contributed by atoms with Crippen LogP contribution in [0.15, 0.2) is 12.3 Å². The molecule has 0 atom stereocenters. The first-order valence-corrected chi connectivity index (χ1v) is 6.94. The van der Waals surface area contributed by atoms with Gasteiger partial charge in [-0.2, -0.15) is 0 Å². The minimum Gasteiger partial charge on any atom is -0.378 e. The van der Waals surface area contributed by atoms with E-state index in [0.29, 0.717) is 32.1 Å². The molecule has 0 unspecified atom stereocenters. The third kappa shape index (κ3) is 6.50.